The van der Waals surface area contributed by atoms with Gasteiger partial charge in [0.1, 0.15) is 0 Å². The largest absolute Gasteiger partial charge is 0.462 e. The lowest BCUT2D eigenvalue weighted by atomic mass is 10.1. The van der Waals surface area contributed by atoms with Gasteiger partial charge >= 0.3 is 5.97 Å². The minimum absolute atomic E-state index is 0.239. The fraction of sp³-hybridized carbons (Fsp3) is 0.562. The van der Waals surface area contributed by atoms with Gasteiger partial charge in [-0.1, -0.05) is 51.2 Å². The normalized spacial score (nSPS) is 10.4. The summed E-state index contributed by atoms with van der Waals surface area (Å²) in [5.41, 5.74) is 7.13. The van der Waals surface area contributed by atoms with E-state index in [9.17, 15) is 4.79 Å². The van der Waals surface area contributed by atoms with Crippen molar-refractivity contribution in [2.75, 3.05) is 6.61 Å². The molecule has 3 nitrogen and oxygen atoms in total. The SMILES string of the molecule is CCCCCCCCOC(=O)c1ccc(CN)cc1. The first-order chi connectivity index (χ1) is 9.27. The van der Waals surface area contributed by atoms with Gasteiger partial charge in [0.2, 0.25) is 0 Å². The summed E-state index contributed by atoms with van der Waals surface area (Å²) >= 11 is 0. The Morgan fingerprint density at radius 3 is 2.32 bits per heavy atom. The number of ether oxygens (including phenoxy) is 1. The van der Waals surface area contributed by atoms with Gasteiger partial charge in [0.15, 0.2) is 0 Å². The van der Waals surface area contributed by atoms with Crippen LogP contribution in [0.4, 0.5) is 0 Å². The van der Waals surface area contributed by atoms with Crippen LogP contribution in [0.15, 0.2) is 24.3 Å². The number of hydrogen-bond donors (Lipinski definition) is 1. The lowest BCUT2D eigenvalue weighted by Gasteiger charge is -2.05. The Labute approximate surface area is 116 Å². The molecule has 1 aromatic carbocycles. The summed E-state index contributed by atoms with van der Waals surface area (Å²) in [5.74, 6) is -0.239. The third-order valence-electron chi connectivity index (χ3n) is 3.16. The summed E-state index contributed by atoms with van der Waals surface area (Å²) in [5, 5.41) is 0. The average molecular weight is 263 g/mol. The van der Waals surface area contributed by atoms with E-state index in [0.29, 0.717) is 18.7 Å². The third kappa shape index (κ3) is 6.39. The van der Waals surface area contributed by atoms with Crippen molar-refractivity contribution < 1.29 is 9.53 Å². The first-order valence-corrected chi connectivity index (χ1v) is 7.24. The van der Waals surface area contributed by atoms with Crippen LogP contribution in [-0.4, -0.2) is 12.6 Å². The average Bonchev–Trinajstić information content (AvgIpc) is 2.46. The highest BCUT2D eigenvalue weighted by Gasteiger charge is 2.06. The van der Waals surface area contributed by atoms with E-state index < -0.39 is 0 Å². The number of carbonyl (C=O) groups is 1. The maximum absolute atomic E-state index is 11.7. The molecule has 19 heavy (non-hydrogen) atoms. The zero-order chi connectivity index (χ0) is 13.9. The fourth-order valence-corrected chi connectivity index (χ4v) is 1.91. The van der Waals surface area contributed by atoms with Crippen molar-refractivity contribution in [1.29, 1.82) is 0 Å². The number of hydrogen-bond acceptors (Lipinski definition) is 3. The van der Waals surface area contributed by atoms with Crippen LogP contribution in [0.25, 0.3) is 0 Å². The molecular formula is C16H25NO2. The van der Waals surface area contributed by atoms with Crippen molar-refractivity contribution in [3.63, 3.8) is 0 Å². The maximum Gasteiger partial charge on any atom is 0.338 e. The van der Waals surface area contributed by atoms with Crippen LogP contribution < -0.4 is 5.73 Å². The molecule has 0 aliphatic carbocycles. The van der Waals surface area contributed by atoms with E-state index in [-0.39, 0.29) is 5.97 Å². The summed E-state index contributed by atoms with van der Waals surface area (Å²) in [6.45, 7) is 3.22. The van der Waals surface area contributed by atoms with Crippen molar-refractivity contribution in [1.82, 2.24) is 0 Å². The van der Waals surface area contributed by atoms with Gasteiger partial charge in [-0.2, -0.15) is 0 Å². The number of rotatable bonds is 9. The molecule has 0 radical (unpaired) electrons. The number of unbranched alkanes of at least 4 members (excludes halogenated alkanes) is 5. The molecule has 0 aromatic heterocycles. The van der Waals surface area contributed by atoms with E-state index in [1.54, 1.807) is 12.1 Å². The first kappa shape index (κ1) is 15.7. The Bertz CT molecular complexity index is 360. The Balaban J connectivity index is 2.16. The molecule has 0 spiro atoms. The number of benzene rings is 1. The molecule has 0 amide bonds. The van der Waals surface area contributed by atoms with Gasteiger partial charge in [0.05, 0.1) is 12.2 Å². The molecule has 0 saturated carbocycles. The predicted molar refractivity (Wildman–Crippen MR) is 78.0 cm³/mol. The van der Waals surface area contributed by atoms with Crippen LogP contribution >= 0.6 is 0 Å². The van der Waals surface area contributed by atoms with E-state index in [4.69, 9.17) is 10.5 Å². The van der Waals surface area contributed by atoms with E-state index in [0.717, 1.165) is 18.4 Å². The number of esters is 1. The summed E-state index contributed by atoms with van der Waals surface area (Å²) < 4.78 is 5.24. The highest BCUT2D eigenvalue weighted by molar-refractivity contribution is 5.89. The van der Waals surface area contributed by atoms with Crippen LogP contribution in [0.3, 0.4) is 0 Å². The second kappa shape index (κ2) is 9.56. The molecular weight excluding hydrogens is 238 g/mol. The van der Waals surface area contributed by atoms with Gasteiger partial charge in [0.25, 0.3) is 0 Å². The minimum atomic E-state index is -0.239. The molecule has 0 saturated heterocycles. The number of nitrogens with two attached hydrogens (primary N) is 1. The lowest BCUT2D eigenvalue weighted by molar-refractivity contribution is 0.0497. The number of carbonyl (C=O) groups excluding carboxylic acids is 1. The molecule has 0 bridgehead atoms. The molecule has 0 fully saturated rings. The monoisotopic (exact) mass is 263 g/mol. The second-order valence-electron chi connectivity index (χ2n) is 4.80. The minimum Gasteiger partial charge on any atom is -0.462 e. The van der Waals surface area contributed by atoms with Crippen molar-refractivity contribution in [2.24, 2.45) is 5.73 Å². The van der Waals surface area contributed by atoms with Crippen molar-refractivity contribution in [2.45, 2.75) is 52.0 Å². The quantitative estimate of drug-likeness (QED) is 0.546. The summed E-state index contributed by atoms with van der Waals surface area (Å²) in [4.78, 5) is 11.7. The van der Waals surface area contributed by atoms with E-state index in [2.05, 4.69) is 6.92 Å². The highest BCUT2D eigenvalue weighted by Crippen LogP contribution is 2.08. The Morgan fingerprint density at radius 1 is 1.05 bits per heavy atom. The maximum atomic E-state index is 11.7. The molecule has 1 aromatic rings. The van der Waals surface area contributed by atoms with Gasteiger partial charge in [-0.25, -0.2) is 4.79 Å². The molecule has 106 valence electrons. The zero-order valence-electron chi connectivity index (χ0n) is 11.9. The molecule has 0 atom stereocenters. The van der Waals surface area contributed by atoms with Crippen molar-refractivity contribution in [3.8, 4) is 0 Å². The summed E-state index contributed by atoms with van der Waals surface area (Å²) in [7, 11) is 0. The van der Waals surface area contributed by atoms with Gasteiger partial charge in [-0.05, 0) is 24.1 Å². The smallest absolute Gasteiger partial charge is 0.338 e. The van der Waals surface area contributed by atoms with Crippen LogP contribution in [-0.2, 0) is 11.3 Å². The lowest BCUT2D eigenvalue weighted by Crippen LogP contribution is -2.07. The van der Waals surface area contributed by atoms with Crippen LogP contribution in [0.2, 0.25) is 0 Å². The van der Waals surface area contributed by atoms with E-state index in [1.807, 2.05) is 12.1 Å². The Kier molecular flexibility index (Phi) is 7.91. The third-order valence-corrected chi connectivity index (χ3v) is 3.16. The summed E-state index contributed by atoms with van der Waals surface area (Å²) in [6, 6.07) is 7.26. The molecule has 0 aliphatic rings. The highest BCUT2D eigenvalue weighted by atomic mass is 16.5. The molecule has 2 N–H and O–H groups in total. The topological polar surface area (TPSA) is 52.3 Å². The summed E-state index contributed by atoms with van der Waals surface area (Å²) in [6.07, 6.45) is 7.17. The van der Waals surface area contributed by atoms with Gasteiger partial charge in [-0.3, -0.25) is 0 Å². The van der Waals surface area contributed by atoms with Gasteiger partial charge in [0, 0.05) is 6.54 Å². The van der Waals surface area contributed by atoms with E-state index >= 15 is 0 Å². The van der Waals surface area contributed by atoms with Crippen LogP contribution in [0.5, 0.6) is 0 Å². The van der Waals surface area contributed by atoms with E-state index in [1.165, 1.54) is 25.7 Å². The predicted octanol–water partition coefficient (Wildman–Crippen LogP) is 3.66. The van der Waals surface area contributed by atoms with Crippen molar-refractivity contribution in [3.05, 3.63) is 35.4 Å². The Hall–Kier alpha value is -1.35. The standard InChI is InChI=1S/C16H25NO2/c1-2-3-4-5-6-7-12-19-16(18)15-10-8-14(13-17)9-11-15/h8-11H,2-7,12-13,17H2,1H3. The van der Waals surface area contributed by atoms with Gasteiger partial charge < -0.3 is 10.5 Å². The van der Waals surface area contributed by atoms with Crippen LogP contribution in [0.1, 0.15) is 61.4 Å². The first-order valence-electron chi connectivity index (χ1n) is 7.24. The second-order valence-corrected chi connectivity index (χ2v) is 4.80. The molecule has 1 rings (SSSR count). The molecule has 3 heteroatoms. The Morgan fingerprint density at radius 2 is 1.68 bits per heavy atom. The molecule has 0 aliphatic heterocycles. The molecule has 0 unspecified atom stereocenters. The van der Waals surface area contributed by atoms with Gasteiger partial charge in [-0.15, -0.1) is 0 Å². The van der Waals surface area contributed by atoms with Crippen molar-refractivity contribution >= 4 is 5.97 Å². The zero-order valence-corrected chi connectivity index (χ0v) is 11.9. The molecule has 0 heterocycles. The van der Waals surface area contributed by atoms with Crippen LogP contribution in [0, 0.1) is 0 Å². The fourth-order valence-electron chi connectivity index (χ4n) is 1.91.